The Morgan fingerprint density at radius 1 is 1.02 bits per heavy atom. The number of hydrogen-bond acceptors (Lipinski definition) is 9. The Morgan fingerprint density at radius 2 is 1.85 bits per heavy atom. The molecule has 10 nitrogen and oxygen atoms in total. The van der Waals surface area contributed by atoms with E-state index < -0.39 is 5.82 Å². The number of hydrogen-bond donors (Lipinski definition) is 3. The number of benzene rings is 1. The van der Waals surface area contributed by atoms with Crippen molar-refractivity contribution in [2.45, 2.75) is 38.1 Å². The smallest absolute Gasteiger partial charge is 0.220 e. The van der Waals surface area contributed by atoms with E-state index in [1.165, 1.54) is 0 Å². The first-order valence-corrected chi connectivity index (χ1v) is 15.7. The van der Waals surface area contributed by atoms with Gasteiger partial charge in [-0.25, -0.2) is 14.4 Å². The molecule has 0 unspecified atom stereocenters. The largest absolute Gasteiger partial charge is 0.481 e. The second-order valence-corrected chi connectivity index (χ2v) is 12.1. The van der Waals surface area contributed by atoms with Crippen molar-refractivity contribution >= 4 is 40.6 Å². The topological polar surface area (TPSA) is 114 Å². The molecule has 6 rings (SSSR count). The lowest BCUT2D eigenvalue weighted by molar-refractivity contribution is -0.119. The summed E-state index contributed by atoms with van der Waals surface area (Å²) in [4.78, 5) is 27.1. The highest BCUT2D eigenvalue weighted by atomic mass is 35.5. The molecular formula is C33H34Cl2FN7O3. The van der Waals surface area contributed by atoms with Gasteiger partial charge >= 0.3 is 0 Å². The van der Waals surface area contributed by atoms with Gasteiger partial charge in [-0.05, 0) is 30.7 Å². The SMILES string of the molecule is COc1nc(-c2ccnc(-c3cccc(Nc4nccc(CN5CC(OC)C5)c4F)c3Cl)c2Cl)ccc1CNC[C@@H]1CCC(=O)N1. The number of amides is 1. The zero-order valence-electron chi connectivity index (χ0n) is 25.4. The molecule has 1 aromatic carbocycles. The van der Waals surface area contributed by atoms with E-state index in [1.807, 2.05) is 12.1 Å². The molecule has 0 radical (unpaired) electrons. The number of nitrogens with zero attached hydrogens (tertiary/aromatic N) is 4. The van der Waals surface area contributed by atoms with Crippen LogP contribution in [0.5, 0.6) is 5.88 Å². The highest BCUT2D eigenvalue weighted by Gasteiger charge is 2.27. The highest BCUT2D eigenvalue weighted by molar-refractivity contribution is 6.39. The molecule has 0 spiro atoms. The van der Waals surface area contributed by atoms with Crippen molar-refractivity contribution in [3.05, 3.63) is 81.8 Å². The summed E-state index contributed by atoms with van der Waals surface area (Å²) in [5, 5.41) is 10.0. The zero-order valence-corrected chi connectivity index (χ0v) is 27.0. The molecule has 2 aliphatic heterocycles. The summed E-state index contributed by atoms with van der Waals surface area (Å²) in [6, 6.07) is 12.7. The second-order valence-electron chi connectivity index (χ2n) is 11.3. The van der Waals surface area contributed by atoms with Gasteiger partial charge in [-0.3, -0.25) is 14.7 Å². The molecule has 2 aliphatic rings. The number of ether oxygens (including phenoxy) is 2. The van der Waals surface area contributed by atoms with Crippen LogP contribution in [0.1, 0.15) is 24.0 Å². The predicted molar refractivity (Wildman–Crippen MR) is 176 cm³/mol. The Bertz CT molecular complexity index is 1740. The average Bonchev–Trinajstić information content (AvgIpc) is 3.46. The standard InChI is InChI=1S/C33H34Cl2FN7O3/c1-45-22-17-43(18-22)16-20-10-12-39-32(30(20)36)41-26-5-3-4-24(28(26)34)31-29(35)23(11-13-38-31)25-8-6-19(33(42-25)46-2)14-37-15-21-7-9-27(44)40-21/h3-6,8,10-13,21-22,37H,7,9,14-18H2,1-2H3,(H,39,41)(H,40,44)/t21-/m0/s1. The lowest BCUT2D eigenvalue weighted by Crippen LogP contribution is -2.51. The summed E-state index contributed by atoms with van der Waals surface area (Å²) in [6.45, 7) is 3.16. The van der Waals surface area contributed by atoms with Crippen LogP contribution in [0.3, 0.4) is 0 Å². The van der Waals surface area contributed by atoms with E-state index in [-0.39, 0.29) is 23.9 Å². The van der Waals surface area contributed by atoms with Crippen LogP contribution >= 0.6 is 23.2 Å². The summed E-state index contributed by atoms with van der Waals surface area (Å²) in [5.74, 6) is 0.186. The second kappa shape index (κ2) is 14.3. The number of aromatic nitrogens is 3. The van der Waals surface area contributed by atoms with Gasteiger partial charge in [-0.15, -0.1) is 0 Å². The Hall–Kier alpha value is -3.87. The maximum Gasteiger partial charge on any atom is 0.220 e. The van der Waals surface area contributed by atoms with Crippen LogP contribution < -0.4 is 20.7 Å². The molecule has 0 saturated carbocycles. The van der Waals surface area contributed by atoms with E-state index in [4.69, 9.17) is 37.7 Å². The first-order chi connectivity index (χ1) is 22.3. The fourth-order valence-corrected chi connectivity index (χ4v) is 6.22. The third-order valence-corrected chi connectivity index (χ3v) is 9.01. The Labute approximate surface area is 276 Å². The Morgan fingerprint density at radius 3 is 2.61 bits per heavy atom. The molecule has 3 N–H and O–H groups in total. The third kappa shape index (κ3) is 6.93. The van der Waals surface area contributed by atoms with Crippen molar-refractivity contribution < 1.29 is 18.7 Å². The number of carbonyl (C=O) groups is 1. The number of methoxy groups -OCH3 is 2. The minimum Gasteiger partial charge on any atom is -0.481 e. The van der Waals surface area contributed by atoms with Gasteiger partial charge in [0, 0.05) is 86.9 Å². The van der Waals surface area contributed by atoms with Crippen molar-refractivity contribution in [1.29, 1.82) is 0 Å². The third-order valence-electron chi connectivity index (χ3n) is 8.22. The quantitative estimate of drug-likeness (QED) is 0.178. The maximum absolute atomic E-state index is 15.5. The number of anilines is 2. The summed E-state index contributed by atoms with van der Waals surface area (Å²) in [7, 11) is 3.25. The van der Waals surface area contributed by atoms with Gasteiger partial charge in [0.1, 0.15) is 0 Å². The van der Waals surface area contributed by atoms with Crippen molar-refractivity contribution in [3.63, 3.8) is 0 Å². The minimum atomic E-state index is -0.438. The van der Waals surface area contributed by atoms with Crippen LogP contribution in [0.2, 0.25) is 10.0 Å². The molecule has 2 fully saturated rings. The molecular weight excluding hydrogens is 632 g/mol. The summed E-state index contributed by atoms with van der Waals surface area (Å²) < 4.78 is 26.4. The number of likely N-dealkylation sites (tertiary alicyclic amines) is 1. The van der Waals surface area contributed by atoms with Gasteiger partial charge in [-0.1, -0.05) is 41.4 Å². The monoisotopic (exact) mass is 665 g/mol. The molecule has 0 bridgehead atoms. The van der Waals surface area contributed by atoms with E-state index in [2.05, 4.69) is 30.8 Å². The van der Waals surface area contributed by atoms with Gasteiger partial charge in [0.2, 0.25) is 11.8 Å². The van der Waals surface area contributed by atoms with E-state index in [1.54, 1.807) is 56.9 Å². The maximum atomic E-state index is 15.5. The molecule has 1 amide bonds. The van der Waals surface area contributed by atoms with Crippen molar-refractivity contribution in [1.82, 2.24) is 30.5 Å². The van der Waals surface area contributed by atoms with Crippen molar-refractivity contribution in [2.75, 3.05) is 39.2 Å². The number of pyridine rings is 3. The molecule has 0 aliphatic carbocycles. The lowest BCUT2D eigenvalue weighted by Gasteiger charge is -2.38. The summed E-state index contributed by atoms with van der Waals surface area (Å²) in [5.41, 5.74) is 4.13. The summed E-state index contributed by atoms with van der Waals surface area (Å²) in [6.07, 6.45) is 4.78. The molecule has 5 heterocycles. The number of carbonyl (C=O) groups excluding carboxylic acids is 1. The van der Waals surface area contributed by atoms with Crippen LogP contribution in [-0.4, -0.2) is 71.8 Å². The van der Waals surface area contributed by atoms with Gasteiger partial charge in [0.15, 0.2) is 11.6 Å². The molecule has 2 saturated heterocycles. The number of rotatable bonds is 12. The van der Waals surface area contributed by atoms with Crippen LogP contribution in [0.15, 0.2) is 54.9 Å². The van der Waals surface area contributed by atoms with E-state index in [0.29, 0.717) is 75.7 Å². The fraction of sp³-hybridized carbons (Fsp3) is 0.333. The predicted octanol–water partition coefficient (Wildman–Crippen LogP) is 5.60. The van der Waals surface area contributed by atoms with Crippen LogP contribution in [0.25, 0.3) is 22.5 Å². The first kappa shape index (κ1) is 32.1. The van der Waals surface area contributed by atoms with Crippen LogP contribution in [-0.2, 0) is 22.6 Å². The average molecular weight is 667 g/mol. The van der Waals surface area contributed by atoms with Gasteiger partial charge in [0.25, 0.3) is 0 Å². The molecule has 46 heavy (non-hydrogen) atoms. The van der Waals surface area contributed by atoms with E-state index in [9.17, 15) is 4.79 Å². The summed E-state index contributed by atoms with van der Waals surface area (Å²) >= 11 is 13.8. The van der Waals surface area contributed by atoms with Crippen molar-refractivity contribution in [3.8, 4) is 28.4 Å². The molecule has 3 aromatic heterocycles. The number of halogens is 3. The zero-order chi connectivity index (χ0) is 32.2. The molecule has 240 valence electrons. The minimum absolute atomic E-state index is 0.0760. The van der Waals surface area contributed by atoms with Gasteiger partial charge in [-0.2, -0.15) is 0 Å². The molecule has 1 atom stereocenters. The fourth-order valence-electron chi connectivity index (χ4n) is 5.64. The lowest BCUT2D eigenvalue weighted by atomic mass is 10.1. The highest BCUT2D eigenvalue weighted by Crippen LogP contribution is 2.41. The first-order valence-electron chi connectivity index (χ1n) is 15.0. The van der Waals surface area contributed by atoms with Crippen LogP contribution in [0.4, 0.5) is 15.9 Å². The van der Waals surface area contributed by atoms with E-state index in [0.717, 1.165) is 25.1 Å². The number of nitrogens with one attached hydrogen (secondary N) is 3. The van der Waals surface area contributed by atoms with Gasteiger partial charge < -0.3 is 25.4 Å². The molecule has 13 heteroatoms. The van der Waals surface area contributed by atoms with E-state index >= 15 is 4.39 Å². The Kier molecular flexibility index (Phi) is 9.95. The van der Waals surface area contributed by atoms with Crippen LogP contribution in [0, 0.1) is 5.82 Å². The van der Waals surface area contributed by atoms with Gasteiger partial charge in [0.05, 0.1) is 40.3 Å². The Balaban J connectivity index is 1.20. The normalized spacial score (nSPS) is 16.7. The van der Waals surface area contributed by atoms with Crippen molar-refractivity contribution in [2.24, 2.45) is 0 Å². The molecule has 4 aromatic rings.